The molecular weight excluding hydrogens is 362 g/mol. The van der Waals surface area contributed by atoms with Crippen LogP contribution in [-0.4, -0.2) is 63.3 Å². The number of benzene rings is 1. The Kier molecular flexibility index (Phi) is 6.85. The fourth-order valence-corrected chi connectivity index (χ4v) is 4.06. The maximum atomic E-state index is 12.6. The Morgan fingerprint density at radius 2 is 1.96 bits per heavy atom. The molecule has 0 bridgehead atoms. The van der Waals surface area contributed by atoms with Crippen LogP contribution in [-0.2, 0) is 10.0 Å². The minimum absolute atomic E-state index is 0.0600. The van der Waals surface area contributed by atoms with Crippen LogP contribution < -0.4 is 5.32 Å². The van der Waals surface area contributed by atoms with Gasteiger partial charge in [-0.3, -0.25) is 4.79 Å². The molecule has 25 heavy (non-hydrogen) atoms. The van der Waals surface area contributed by atoms with Gasteiger partial charge in [-0.2, -0.15) is 0 Å². The van der Waals surface area contributed by atoms with E-state index in [9.17, 15) is 13.2 Å². The number of sulfonamides is 1. The van der Waals surface area contributed by atoms with Crippen molar-refractivity contribution in [1.82, 2.24) is 14.5 Å². The highest BCUT2D eigenvalue weighted by Gasteiger charge is 2.24. The first kappa shape index (κ1) is 20.2. The molecule has 2 rings (SSSR count). The van der Waals surface area contributed by atoms with Gasteiger partial charge >= 0.3 is 0 Å². The lowest BCUT2D eigenvalue weighted by molar-refractivity contribution is 0.0911. The van der Waals surface area contributed by atoms with Gasteiger partial charge in [-0.05, 0) is 44.0 Å². The second-order valence-corrected chi connectivity index (χ2v) is 9.08. The molecule has 1 aromatic carbocycles. The van der Waals surface area contributed by atoms with Gasteiger partial charge in [0.1, 0.15) is 0 Å². The van der Waals surface area contributed by atoms with E-state index in [4.69, 9.17) is 11.6 Å². The second kappa shape index (κ2) is 8.49. The van der Waals surface area contributed by atoms with E-state index in [0.29, 0.717) is 0 Å². The first-order chi connectivity index (χ1) is 11.8. The van der Waals surface area contributed by atoms with Crippen LogP contribution in [0.3, 0.4) is 0 Å². The van der Waals surface area contributed by atoms with Crippen molar-refractivity contribution in [2.24, 2.45) is 0 Å². The Morgan fingerprint density at radius 3 is 2.52 bits per heavy atom. The van der Waals surface area contributed by atoms with Crippen LogP contribution in [0.1, 0.15) is 36.5 Å². The van der Waals surface area contributed by atoms with Gasteiger partial charge in [0.25, 0.3) is 5.91 Å². The van der Waals surface area contributed by atoms with Crippen molar-refractivity contribution in [3.8, 4) is 0 Å². The summed E-state index contributed by atoms with van der Waals surface area (Å²) in [4.78, 5) is 15.0. The molecule has 0 aliphatic carbocycles. The van der Waals surface area contributed by atoms with Crippen molar-refractivity contribution in [2.45, 2.75) is 37.1 Å². The van der Waals surface area contributed by atoms with Gasteiger partial charge in [-0.1, -0.05) is 18.5 Å². The zero-order valence-corrected chi connectivity index (χ0v) is 16.5. The SMILES string of the molecule is CCCN1CCC(NC(=O)c2cc(S(=O)(=O)N(C)C)ccc2Cl)CC1. The van der Waals surface area contributed by atoms with E-state index in [2.05, 4.69) is 17.1 Å². The lowest BCUT2D eigenvalue weighted by Crippen LogP contribution is -2.44. The van der Waals surface area contributed by atoms with Crippen molar-refractivity contribution in [3.05, 3.63) is 28.8 Å². The molecule has 0 saturated carbocycles. The summed E-state index contributed by atoms with van der Waals surface area (Å²) >= 11 is 6.13. The van der Waals surface area contributed by atoms with Crippen LogP contribution in [0.2, 0.25) is 5.02 Å². The summed E-state index contributed by atoms with van der Waals surface area (Å²) in [5.74, 6) is -0.324. The highest BCUT2D eigenvalue weighted by Crippen LogP contribution is 2.22. The van der Waals surface area contributed by atoms with Crippen LogP contribution >= 0.6 is 11.6 Å². The smallest absolute Gasteiger partial charge is 0.253 e. The van der Waals surface area contributed by atoms with E-state index < -0.39 is 10.0 Å². The van der Waals surface area contributed by atoms with Gasteiger partial charge < -0.3 is 10.2 Å². The minimum Gasteiger partial charge on any atom is -0.349 e. The number of hydrogen-bond acceptors (Lipinski definition) is 4. The number of carbonyl (C=O) groups is 1. The Bertz CT molecular complexity index is 714. The number of hydrogen-bond donors (Lipinski definition) is 1. The summed E-state index contributed by atoms with van der Waals surface area (Å²) in [5, 5.41) is 3.24. The summed E-state index contributed by atoms with van der Waals surface area (Å²) in [6.45, 7) is 5.16. The normalized spacial score (nSPS) is 17.0. The molecule has 6 nitrogen and oxygen atoms in total. The van der Waals surface area contributed by atoms with Gasteiger partial charge in [0, 0.05) is 33.2 Å². The highest BCUT2D eigenvalue weighted by molar-refractivity contribution is 7.89. The molecule has 1 N–H and O–H groups in total. The third kappa shape index (κ3) is 4.94. The van der Waals surface area contributed by atoms with Crippen molar-refractivity contribution in [3.63, 3.8) is 0 Å². The molecule has 0 atom stereocenters. The summed E-state index contributed by atoms with van der Waals surface area (Å²) in [7, 11) is -0.704. The van der Waals surface area contributed by atoms with Crippen LogP contribution in [0.4, 0.5) is 0 Å². The Morgan fingerprint density at radius 1 is 1.32 bits per heavy atom. The summed E-state index contributed by atoms with van der Waals surface area (Å²) in [5.41, 5.74) is 0.195. The quantitative estimate of drug-likeness (QED) is 0.812. The Labute approximate surface area is 155 Å². The Hall–Kier alpha value is -1.15. The van der Waals surface area contributed by atoms with Crippen LogP contribution in [0.25, 0.3) is 0 Å². The number of rotatable bonds is 6. The van der Waals surface area contributed by atoms with Gasteiger partial charge in [-0.25, -0.2) is 12.7 Å². The van der Waals surface area contributed by atoms with Crippen LogP contribution in [0.15, 0.2) is 23.1 Å². The summed E-state index contributed by atoms with van der Waals surface area (Å²) in [6, 6.07) is 4.30. The largest absolute Gasteiger partial charge is 0.349 e. The van der Waals surface area contributed by atoms with Gasteiger partial charge in [0.2, 0.25) is 10.0 Å². The third-order valence-electron chi connectivity index (χ3n) is 4.42. The molecule has 0 aromatic heterocycles. The molecule has 1 heterocycles. The number of amides is 1. The number of halogens is 1. The molecule has 1 aromatic rings. The monoisotopic (exact) mass is 387 g/mol. The van der Waals surface area contributed by atoms with E-state index in [0.717, 1.165) is 43.2 Å². The topological polar surface area (TPSA) is 69.7 Å². The third-order valence-corrected chi connectivity index (χ3v) is 6.56. The first-order valence-electron chi connectivity index (χ1n) is 8.51. The van der Waals surface area contributed by atoms with Gasteiger partial charge in [0.15, 0.2) is 0 Å². The maximum Gasteiger partial charge on any atom is 0.253 e. The van der Waals surface area contributed by atoms with Gasteiger partial charge in [-0.15, -0.1) is 0 Å². The average molecular weight is 388 g/mol. The molecule has 0 spiro atoms. The number of carbonyl (C=O) groups excluding carboxylic acids is 1. The molecule has 0 unspecified atom stereocenters. The van der Waals surface area contributed by atoms with E-state index in [-0.39, 0.29) is 27.4 Å². The van der Waals surface area contributed by atoms with E-state index in [1.807, 2.05) is 0 Å². The van der Waals surface area contributed by atoms with E-state index in [1.165, 1.54) is 32.3 Å². The summed E-state index contributed by atoms with van der Waals surface area (Å²) < 4.78 is 25.6. The molecule has 0 radical (unpaired) electrons. The molecule has 140 valence electrons. The lowest BCUT2D eigenvalue weighted by atomic mass is 10.0. The van der Waals surface area contributed by atoms with Crippen molar-refractivity contribution in [1.29, 1.82) is 0 Å². The van der Waals surface area contributed by atoms with Crippen molar-refractivity contribution in [2.75, 3.05) is 33.7 Å². The van der Waals surface area contributed by atoms with Crippen LogP contribution in [0.5, 0.6) is 0 Å². The molecule has 1 fully saturated rings. The number of piperidine rings is 1. The molecular formula is C17H26ClN3O3S. The van der Waals surface area contributed by atoms with Crippen molar-refractivity contribution < 1.29 is 13.2 Å². The van der Waals surface area contributed by atoms with Gasteiger partial charge in [0.05, 0.1) is 15.5 Å². The van der Waals surface area contributed by atoms with Crippen molar-refractivity contribution >= 4 is 27.5 Å². The molecule has 8 heteroatoms. The molecule has 1 aliphatic rings. The maximum absolute atomic E-state index is 12.6. The predicted octanol–water partition coefficient (Wildman–Crippen LogP) is 2.19. The fraction of sp³-hybridized carbons (Fsp3) is 0.588. The predicted molar refractivity (Wildman–Crippen MR) is 99.5 cm³/mol. The average Bonchev–Trinajstić information content (AvgIpc) is 2.56. The highest BCUT2D eigenvalue weighted by atomic mass is 35.5. The summed E-state index contributed by atoms with van der Waals surface area (Å²) in [6.07, 6.45) is 2.90. The number of nitrogens with one attached hydrogen (secondary N) is 1. The second-order valence-electron chi connectivity index (χ2n) is 6.52. The Balaban J connectivity index is 2.10. The van der Waals surface area contributed by atoms with E-state index in [1.54, 1.807) is 0 Å². The van der Waals surface area contributed by atoms with E-state index >= 15 is 0 Å². The molecule has 1 aliphatic heterocycles. The molecule has 1 saturated heterocycles. The number of nitrogens with zero attached hydrogens (tertiary/aromatic N) is 2. The fourth-order valence-electron chi connectivity index (χ4n) is 2.93. The van der Waals surface area contributed by atoms with Crippen LogP contribution in [0, 0.1) is 0 Å². The molecule has 1 amide bonds. The standard InChI is InChI=1S/C17H26ClN3O3S/c1-4-9-21-10-7-13(8-11-21)19-17(22)15-12-14(5-6-16(15)18)25(23,24)20(2)3/h5-6,12-13H,4,7-11H2,1-3H3,(H,19,22). The zero-order valence-electron chi connectivity index (χ0n) is 15.0. The number of likely N-dealkylation sites (tertiary alicyclic amines) is 1. The zero-order chi connectivity index (χ0) is 18.6. The lowest BCUT2D eigenvalue weighted by Gasteiger charge is -2.32. The minimum atomic E-state index is -3.61. The first-order valence-corrected chi connectivity index (χ1v) is 10.3.